The van der Waals surface area contributed by atoms with Gasteiger partial charge in [0.2, 0.25) is 0 Å². The molecule has 0 unspecified atom stereocenters. The summed E-state index contributed by atoms with van der Waals surface area (Å²) in [6, 6.07) is 3.43. The van der Waals surface area contributed by atoms with E-state index >= 15 is 0 Å². The Morgan fingerprint density at radius 2 is 2.06 bits per heavy atom. The smallest absolute Gasteiger partial charge is 0.328 e. The maximum Gasteiger partial charge on any atom is 0.328 e. The zero-order chi connectivity index (χ0) is 12.8. The number of allylic oxidation sites excluding steroid dienone is 1. The molecule has 0 bridgehead atoms. The molecule has 1 aromatic rings. The summed E-state index contributed by atoms with van der Waals surface area (Å²) >= 11 is 0. The molecular weight excluding hydrogens is 226 g/mol. The minimum atomic E-state index is -1.08. The van der Waals surface area contributed by atoms with E-state index in [0.717, 1.165) is 31.1 Å². The lowest BCUT2D eigenvalue weighted by Crippen LogP contribution is -1.95. The topological polar surface area (TPSA) is 37.3 Å². The maximum absolute atomic E-state index is 13.0. The van der Waals surface area contributed by atoms with Gasteiger partial charge in [0.15, 0.2) is 11.6 Å². The van der Waals surface area contributed by atoms with Gasteiger partial charge in [-0.3, -0.25) is 0 Å². The molecule has 0 aromatic heterocycles. The third kappa shape index (κ3) is 3.98. The first-order valence-electron chi connectivity index (χ1n) is 5.43. The van der Waals surface area contributed by atoms with Gasteiger partial charge in [0.25, 0.3) is 0 Å². The van der Waals surface area contributed by atoms with Crippen molar-refractivity contribution in [2.24, 2.45) is 0 Å². The number of rotatable bonds is 5. The minimum Gasteiger partial charge on any atom is -0.478 e. The first-order chi connectivity index (χ1) is 8.04. The molecule has 2 nitrogen and oxygen atoms in total. The summed E-state index contributed by atoms with van der Waals surface area (Å²) in [6.07, 6.45) is 3.29. The molecule has 0 aliphatic rings. The summed E-state index contributed by atoms with van der Waals surface area (Å²) in [6.45, 7) is 1.98. The third-order valence-electron chi connectivity index (χ3n) is 2.39. The second-order valence-electron chi connectivity index (χ2n) is 3.74. The second kappa shape index (κ2) is 6.13. The maximum atomic E-state index is 13.0. The molecule has 0 aliphatic carbocycles. The van der Waals surface area contributed by atoms with Gasteiger partial charge in [-0.1, -0.05) is 19.4 Å². The molecule has 4 heteroatoms. The lowest BCUT2D eigenvalue weighted by atomic mass is 10.00. The van der Waals surface area contributed by atoms with Crippen molar-refractivity contribution in [2.45, 2.75) is 26.2 Å². The molecule has 0 amide bonds. The molecule has 17 heavy (non-hydrogen) atoms. The lowest BCUT2D eigenvalue weighted by Gasteiger charge is -2.06. The largest absolute Gasteiger partial charge is 0.478 e. The monoisotopic (exact) mass is 240 g/mol. The Balaban J connectivity index is 3.04. The van der Waals surface area contributed by atoms with Crippen LogP contribution in [0, 0.1) is 11.6 Å². The minimum absolute atomic E-state index is 0.416. The fourth-order valence-corrected chi connectivity index (χ4v) is 1.51. The molecule has 1 rings (SSSR count). The van der Waals surface area contributed by atoms with Gasteiger partial charge in [-0.05, 0) is 36.1 Å². The van der Waals surface area contributed by atoms with E-state index in [1.807, 2.05) is 6.92 Å². The Morgan fingerprint density at radius 3 is 2.59 bits per heavy atom. The summed E-state index contributed by atoms with van der Waals surface area (Å²) in [5, 5.41) is 8.72. The zero-order valence-electron chi connectivity index (χ0n) is 9.54. The Kier molecular flexibility index (Phi) is 4.82. The number of unbranched alkanes of at least 4 members (excludes halogenated alkanes) is 1. The van der Waals surface area contributed by atoms with Gasteiger partial charge >= 0.3 is 5.97 Å². The summed E-state index contributed by atoms with van der Waals surface area (Å²) in [4.78, 5) is 10.7. The van der Waals surface area contributed by atoms with E-state index in [0.29, 0.717) is 17.6 Å². The van der Waals surface area contributed by atoms with Crippen LogP contribution in [0.4, 0.5) is 8.78 Å². The van der Waals surface area contributed by atoms with Crippen LogP contribution in [0.25, 0.3) is 5.57 Å². The predicted octanol–water partition coefficient (Wildman–Crippen LogP) is 3.62. The number of hydrogen-bond acceptors (Lipinski definition) is 1. The molecule has 0 saturated carbocycles. The molecule has 0 spiro atoms. The molecule has 0 aliphatic heterocycles. The SMILES string of the molecule is CCCC/C(=C\C(=O)O)c1ccc(F)c(F)c1. The van der Waals surface area contributed by atoms with Gasteiger partial charge < -0.3 is 5.11 Å². The molecule has 92 valence electrons. The standard InChI is InChI=1S/C13H14F2O2/c1-2-3-4-9(8-13(16)17)10-5-6-11(14)12(15)7-10/h5-8H,2-4H2,1H3,(H,16,17)/b9-8+. The van der Waals surface area contributed by atoms with Gasteiger partial charge in [-0.15, -0.1) is 0 Å². The van der Waals surface area contributed by atoms with Crippen molar-refractivity contribution in [3.8, 4) is 0 Å². The van der Waals surface area contributed by atoms with Crippen LogP contribution in [0.5, 0.6) is 0 Å². The lowest BCUT2D eigenvalue weighted by molar-refractivity contribution is -0.131. The van der Waals surface area contributed by atoms with E-state index in [9.17, 15) is 13.6 Å². The van der Waals surface area contributed by atoms with Crippen LogP contribution in [-0.4, -0.2) is 11.1 Å². The number of carboxylic acids is 1. The second-order valence-corrected chi connectivity index (χ2v) is 3.74. The van der Waals surface area contributed by atoms with E-state index in [1.54, 1.807) is 0 Å². The number of aliphatic carboxylic acids is 1. The number of hydrogen-bond donors (Lipinski definition) is 1. The molecule has 0 heterocycles. The molecule has 1 aromatic carbocycles. The van der Waals surface area contributed by atoms with Crippen molar-refractivity contribution in [3.63, 3.8) is 0 Å². The van der Waals surface area contributed by atoms with E-state index in [-0.39, 0.29) is 0 Å². The van der Waals surface area contributed by atoms with Crippen molar-refractivity contribution in [3.05, 3.63) is 41.5 Å². The van der Waals surface area contributed by atoms with Crippen molar-refractivity contribution in [1.82, 2.24) is 0 Å². The highest BCUT2D eigenvalue weighted by Gasteiger charge is 2.08. The number of carboxylic acid groups (broad SMARTS) is 1. The van der Waals surface area contributed by atoms with E-state index in [2.05, 4.69) is 0 Å². The van der Waals surface area contributed by atoms with Gasteiger partial charge in [-0.25, -0.2) is 13.6 Å². The molecule has 0 radical (unpaired) electrons. The van der Waals surface area contributed by atoms with Crippen molar-refractivity contribution < 1.29 is 18.7 Å². The van der Waals surface area contributed by atoms with Gasteiger partial charge in [-0.2, -0.15) is 0 Å². The van der Waals surface area contributed by atoms with Crippen LogP contribution in [-0.2, 0) is 4.79 Å². The first kappa shape index (κ1) is 13.4. The Hall–Kier alpha value is -1.71. The number of benzene rings is 1. The van der Waals surface area contributed by atoms with E-state index < -0.39 is 17.6 Å². The highest BCUT2D eigenvalue weighted by atomic mass is 19.2. The quantitative estimate of drug-likeness (QED) is 0.798. The van der Waals surface area contributed by atoms with Crippen LogP contribution in [0.3, 0.4) is 0 Å². The number of halogens is 2. The molecular formula is C13H14F2O2. The van der Waals surface area contributed by atoms with E-state index in [1.165, 1.54) is 6.07 Å². The summed E-state index contributed by atoms with van der Waals surface area (Å²) in [5.41, 5.74) is 0.929. The average Bonchev–Trinajstić information content (AvgIpc) is 2.27. The van der Waals surface area contributed by atoms with Gasteiger partial charge in [0, 0.05) is 6.08 Å². The Bertz CT molecular complexity index is 439. The molecule has 1 N–H and O–H groups in total. The van der Waals surface area contributed by atoms with Crippen molar-refractivity contribution in [2.75, 3.05) is 0 Å². The highest BCUT2D eigenvalue weighted by Crippen LogP contribution is 2.22. The van der Waals surface area contributed by atoms with Crippen molar-refractivity contribution in [1.29, 1.82) is 0 Å². The molecule has 0 fully saturated rings. The summed E-state index contributed by atoms with van der Waals surface area (Å²) in [7, 11) is 0. The van der Waals surface area contributed by atoms with Crippen LogP contribution >= 0.6 is 0 Å². The summed E-state index contributed by atoms with van der Waals surface area (Å²) in [5.74, 6) is -2.98. The summed E-state index contributed by atoms with van der Waals surface area (Å²) < 4.78 is 25.8. The van der Waals surface area contributed by atoms with Crippen LogP contribution in [0.15, 0.2) is 24.3 Å². The van der Waals surface area contributed by atoms with Gasteiger partial charge in [0.05, 0.1) is 0 Å². The normalized spacial score (nSPS) is 11.6. The Labute approximate surface area is 98.6 Å². The van der Waals surface area contributed by atoms with Crippen LogP contribution < -0.4 is 0 Å². The molecule has 0 atom stereocenters. The first-order valence-corrected chi connectivity index (χ1v) is 5.43. The third-order valence-corrected chi connectivity index (χ3v) is 2.39. The zero-order valence-corrected chi connectivity index (χ0v) is 9.54. The highest BCUT2D eigenvalue weighted by molar-refractivity contribution is 5.90. The van der Waals surface area contributed by atoms with Crippen LogP contribution in [0.2, 0.25) is 0 Å². The van der Waals surface area contributed by atoms with Crippen molar-refractivity contribution >= 4 is 11.5 Å². The van der Waals surface area contributed by atoms with E-state index in [4.69, 9.17) is 5.11 Å². The number of carbonyl (C=O) groups is 1. The predicted molar refractivity (Wildman–Crippen MR) is 61.5 cm³/mol. The fourth-order valence-electron chi connectivity index (χ4n) is 1.51. The average molecular weight is 240 g/mol. The fraction of sp³-hybridized carbons (Fsp3) is 0.308. The van der Waals surface area contributed by atoms with Gasteiger partial charge in [0.1, 0.15) is 0 Å². The molecule has 0 saturated heterocycles. The Morgan fingerprint density at radius 1 is 1.35 bits per heavy atom. The van der Waals surface area contributed by atoms with Crippen LogP contribution in [0.1, 0.15) is 31.7 Å².